The van der Waals surface area contributed by atoms with Crippen LogP contribution in [-0.2, 0) is 10.0 Å². The normalized spacial score (nSPS) is 19.7. The molecule has 0 aromatic carbocycles. The topological polar surface area (TPSA) is 105 Å². The van der Waals surface area contributed by atoms with Gasteiger partial charge < -0.3 is 5.73 Å². The number of rotatable bonds is 4. The Hall–Kier alpha value is -2.42. The molecular weight excluding hydrogens is 364 g/mol. The molecule has 3 rings (SSSR count). The molecular formula is C18H27N6O2S+. The van der Waals surface area contributed by atoms with Crippen molar-refractivity contribution >= 4 is 33.0 Å². The number of nitrogens with zero attached hydrogens (tertiary/aromatic N) is 4. The van der Waals surface area contributed by atoms with Gasteiger partial charge in [-0.1, -0.05) is 0 Å². The molecule has 27 heavy (non-hydrogen) atoms. The average Bonchev–Trinajstić information content (AvgIpc) is 2.97. The van der Waals surface area contributed by atoms with Crippen molar-refractivity contribution in [2.45, 2.75) is 39.2 Å². The average molecular weight is 392 g/mol. The minimum Gasteiger partial charge on any atom is -0.382 e. The molecule has 0 radical (unpaired) electrons. The van der Waals surface area contributed by atoms with Crippen LogP contribution < -0.4 is 10.5 Å². The first kappa shape index (κ1) is 19.3. The summed E-state index contributed by atoms with van der Waals surface area (Å²) < 4.78 is 30.2. The number of hydrogen-bond donors (Lipinski definition) is 2. The van der Waals surface area contributed by atoms with Crippen molar-refractivity contribution in [1.82, 2.24) is 14.5 Å². The second-order valence-corrected chi connectivity index (χ2v) is 8.94. The van der Waals surface area contributed by atoms with E-state index in [0.717, 1.165) is 37.9 Å². The number of aliphatic imine (C=N–C) groups is 1. The summed E-state index contributed by atoms with van der Waals surface area (Å²) in [7, 11) is -3.44. The van der Waals surface area contributed by atoms with E-state index in [1.165, 1.54) is 6.42 Å². The molecule has 8 nitrogen and oxygen atoms in total. The second-order valence-electron chi connectivity index (χ2n) is 7.19. The summed E-state index contributed by atoms with van der Waals surface area (Å²) in [6.45, 7) is 5.92. The van der Waals surface area contributed by atoms with Gasteiger partial charge in [0.2, 0.25) is 15.7 Å². The number of hydrogen-bond acceptors (Lipinski definition) is 5. The lowest BCUT2D eigenvalue weighted by atomic mass is 10.1. The number of piperidine rings is 1. The Morgan fingerprint density at radius 1 is 1.26 bits per heavy atom. The smallest absolute Gasteiger partial charge is 0.229 e. The maximum absolute atomic E-state index is 11.8. The van der Waals surface area contributed by atoms with Gasteiger partial charge in [-0.15, -0.1) is 0 Å². The number of aromatic nitrogens is 2. The van der Waals surface area contributed by atoms with Crippen LogP contribution in [0.4, 0.5) is 11.5 Å². The van der Waals surface area contributed by atoms with Gasteiger partial charge in [0.15, 0.2) is 0 Å². The largest absolute Gasteiger partial charge is 0.382 e. The fourth-order valence-electron chi connectivity index (χ4n) is 3.24. The molecule has 2 aliphatic rings. The lowest BCUT2D eigenvalue weighted by Gasteiger charge is -2.16. The molecule has 0 saturated carbocycles. The van der Waals surface area contributed by atoms with E-state index in [1.807, 2.05) is 32.1 Å². The third kappa shape index (κ3) is 4.65. The Morgan fingerprint density at radius 3 is 2.56 bits per heavy atom. The van der Waals surface area contributed by atoms with E-state index in [9.17, 15) is 8.42 Å². The molecule has 1 aliphatic carbocycles. The van der Waals surface area contributed by atoms with E-state index >= 15 is 0 Å². The summed E-state index contributed by atoms with van der Waals surface area (Å²) in [5.41, 5.74) is 8.60. The Kier molecular flexibility index (Phi) is 5.50. The van der Waals surface area contributed by atoms with Crippen molar-refractivity contribution in [3.05, 3.63) is 30.1 Å². The molecule has 1 aromatic rings. The first-order chi connectivity index (χ1) is 12.7. The Labute approximate surface area is 160 Å². The molecule has 2 heterocycles. The predicted octanol–water partition coefficient (Wildman–Crippen LogP) is 1.76. The summed E-state index contributed by atoms with van der Waals surface area (Å²) in [6, 6.07) is 0.115. The van der Waals surface area contributed by atoms with Crippen molar-refractivity contribution in [3.63, 3.8) is 0 Å². The minimum atomic E-state index is -3.44. The predicted molar refractivity (Wildman–Crippen MR) is 108 cm³/mol. The van der Waals surface area contributed by atoms with E-state index < -0.39 is 10.0 Å². The van der Waals surface area contributed by atoms with Gasteiger partial charge in [-0.05, 0) is 26.3 Å². The van der Waals surface area contributed by atoms with Gasteiger partial charge >= 0.3 is 0 Å². The van der Waals surface area contributed by atoms with E-state index in [1.54, 1.807) is 10.9 Å². The molecule has 1 aromatic heterocycles. The van der Waals surface area contributed by atoms with Crippen LogP contribution in [0.3, 0.4) is 0 Å². The Morgan fingerprint density at radius 2 is 1.96 bits per heavy atom. The highest BCUT2D eigenvalue weighted by Crippen LogP contribution is 2.25. The van der Waals surface area contributed by atoms with Crippen molar-refractivity contribution < 1.29 is 13.0 Å². The molecule has 1 saturated heterocycles. The summed E-state index contributed by atoms with van der Waals surface area (Å²) in [4.78, 5) is 4.56. The Bertz CT molecular complexity index is 942. The summed E-state index contributed by atoms with van der Waals surface area (Å²) >= 11 is 0. The third-order valence-corrected chi connectivity index (χ3v) is 5.13. The van der Waals surface area contributed by atoms with Crippen LogP contribution in [0.1, 0.15) is 39.2 Å². The highest BCUT2D eigenvalue weighted by molar-refractivity contribution is 7.88. The monoisotopic (exact) mass is 391 g/mol. The molecule has 0 atom stereocenters. The van der Waals surface area contributed by atoms with Crippen LogP contribution >= 0.6 is 0 Å². The number of nitrogen functional groups attached to an aromatic ring is 1. The molecule has 0 unspecified atom stereocenters. The van der Waals surface area contributed by atoms with Crippen LogP contribution in [0.15, 0.2) is 35.1 Å². The van der Waals surface area contributed by atoms with E-state index in [0.29, 0.717) is 22.9 Å². The van der Waals surface area contributed by atoms with Gasteiger partial charge in [-0.3, -0.25) is 4.72 Å². The molecule has 9 heteroatoms. The zero-order valence-electron chi connectivity index (χ0n) is 16.0. The number of sulfonamides is 1. The number of nitrogens with two attached hydrogens (primary N) is 1. The highest BCUT2D eigenvalue weighted by atomic mass is 32.2. The van der Waals surface area contributed by atoms with Gasteiger partial charge in [0.05, 0.1) is 23.9 Å². The molecule has 146 valence electrons. The van der Waals surface area contributed by atoms with Crippen LogP contribution in [0.5, 0.6) is 0 Å². The molecule has 0 bridgehead atoms. The van der Waals surface area contributed by atoms with Crippen LogP contribution in [0, 0.1) is 0 Å². The molecule has 1 fully saturated rings. The standard InChI is InChI=1S/C18H26N6O2S/c1-13(2)24-18(19)17(12-20-24)21-15-8-7-14(23-9-5-4-6-10-23)11-16(15)22-27(3,25)26/h7-8,11-13H,4-6,9-10H2,1-3H3,(H2,19,20,22)/p+1. The second kappa shape index (κ2) is 7.67. The summed E-state index contributed by atoms with van der Waals surface area (Å²) in [5.74, 6) is 0.454. The molecule has 1 aliphatic heterocycles. The van der Waals surface area contributed by atoms with Gasteiger partial charge in [-0.25, -0.2) is 22.7 Å². The van der Waals surface area contributed by atoms with Crippen molar-refractivity contribution in [2.75, 3.05) is 25.1 Å². The summed E-state index contributed by atoms with van der Waals surface area (Å²) in [5, 5.41) is 4.26. The molecule has 0 amide bonds. The van der Waals surface area contributed by atoms with Gasteiger partial charge in [-0.2, -0.15) is 5.10 Å². The first-order valence-corrected chi connectivity index (χ1v) is 11.1. The quantitative estimate of drug-likeness (QED) is 0.602. The third-order valence-electron chi connectivity index (χ3n) is 4.54. The van der Waals surface area contributed by atoms with Crippen LogP contribution in [0.2, 0.25) is 0 Å². The van der Waals surface area contributed by atoms with Crippen molar-refractivity contribution in [1.29, 1.82) is 0 Å². The van der Waals surface area contributed by atoms with E-state index in [2.05, 4.69) is 19.4 Å². The van der Waals surface area contributed by atoms with Crippen molar-refractivity contribution in [2.24, 2.45) is 4.99 Å². The maximum Gasteiger partial charge on any atom is 0.229 e. The maximum atomic E-state index is 11.8. The Balaban J connectivity index is 2.00. The molecule has 3 N–H and O–H groups in total. The lowest BCUT2D eigenvalue weighted by molar-refractivity contribution is -0.535. The van der Waals surface area contributed by atoms with E-state index in [-0.39, 0.29) is 6.04 Å². The lowest BCUT2D eigenvalue weighted by Crippen LogP contribution is -2.31. The van der Waals surface area contributed by atoms with Gasteiger partial charge in [0, 0.05) is 31.0 Å². The van der Waals surface area contributed by atoms with Crippen molar-refractivity contribution in [3.8, 4) is 0 Å². The fraction of sp³-hybridized carbons (Fsp3) is 0.500. The van der Waals surface area contributed by atoms with Crippen LogP contribution in [0.25, 0.3) is 0 Å². The van der Waals surface area contributed by atoms with E-state index in [4.69, 9.17) is 5.73 Å². The van der Waals surface area contributed by atoms with Crippen LogP contribution in [-0.4, -0.2) is 53.5 Å². The minimum absolute atomic E-state index is 0.115. The first-order valence-electron chi connectivity index (χ1n) is 9.16. The highest BCUT2D eigenvalue weighted by Gasteiger charge is 2.22. The summed E-state index contributed by atoms with van der Waals surface area (Å²) in [6.07, 6.45) is 11.9. The zero-order valence-corrected chi connectivity index (χ0v) is 16.8. The van der Waals surface area contributed by atoms with Gasteiger partial charge in [0.1, 0.15) is 24.6 Å². The van der Waals surface area contributed by atoms with Gasteiger partial charge in [0.25, 0.3) is 0 Å². The fourth-order valence-corrected chi connectivity index (χ4v) is 3.80. The number of nitrogens with one attached hydrogen (secondary N) is 1. The number of allylic oxidation sites excluding steroid dienone is 3. The zero-order chi connectivity index (χ0) is 19.6. The SMILES string of the molecule is CC(C)n1ncc(/N=C2/C=CC(=[N+]3CCCCC3)C=C2NS(C)(=O)=O)c1N. The molecule has 0 spiro atoms. The number of anilines is 1.